The summed E-state index contributed by atoms with van der Waals surface area (Å²) in [6, 6.07) is 6.73. The van der Waals surface area contributed by atoms with Crippen molar-refractivity contribution in [3.63, 3.8) is 0 Å². The predicted molar refractivity (Wildman–Crippen MR) is 67.7 cm³/mol. The number of nitrogens with zero attached hydrogens (tertiary/aromatic N) is 9. The molecule has 0 amide bonds. The summed E-state index contributed by atoms with van der Waals surface area (Å²) in [5.41, 5.74) is 0.445. The van der Waals surface area contributed by atoms with Gasteiger partial charge in [0.2, 0.25) is 11.6 Å². The highest BCUT2D eigenvalue weighted by Gasteiger charge is 2.20. The van der Waals surface area contributed by atoms with Crippen LogP contribution >= 0.6 is 0 Å². The van der Waals surface area contributed by atoms with E-state index in [0.29, 0.717) is 17.3 Å². The first kappa shape index (κ1) is 12.0. The zero-order valence-electron chi connectivity index (χ0n) is 10.8. The Morgan fingerprint density at radius 3 is 2.45 bits per heavy atom. The largest absolute Gasteiger partial charge is 0.506 e. The van der Waals surface area contributed by atoms with Crippen molar-refractivity contribution < 1.29 is 5.11 Å². The summed E-state index contributed by atoms with van der Waals surface area (Å²) in [4.78, 5) is 1.45. The van der Waals surface area contributed by atoms with Gasteiger partial charge in [0.25, 0.3) is 0 Å². The van der Waals surface area contributed by atoms with Gasteiger partial charge < -0.3 is 5.11 Å². The van der Waals surface area contributed by atoms with Crippen molar-refractivity contribution in [2.75, 3.05) is 19.1 Å². The molecule has 10 heteroatoms. The predicted octanol–water partition coefficient (Wildman–Crippen LogP) is -0.781. The van der Waals surface area contributed by atoms with Crippen LogP contribution in [0.15, 0.2) is 24.3 Å². The second-order valence-electron chi connectivity index (χ2n) is 4.14. The molecule has 0 fully saturated rings. The normalized spacial score (nSPS) is 10.7. The molecule has 0 radical (unpaired) electrons. The molecular weight excluding hydrogens is 262 g/mol. The number of phenolic OH excluding ortho intramolecular Hbond substituents is 1. The lowest BCUT2D eigenvalue weighted by molar-refractivity contribution is 0.470. The van der Waals surface area contributed by atoms with Crippen LogP contribution in [0.2, 0.25) is 0 Å². The highest BCUT2D eigenvalue weighted by atomic mass is 16.3. The summed E-state index contributed by atoms with van der Waals surface area (Å²) in [5.74, 6) is 0.749. The third kappa shape index (κ3) is 1.83. The average molecular weight is 273 g/mol. The fourth-order valence-electron chi connectivity index (χ4n) is 1.72. The van der Waals surface area contributed by atoms with Crippen LogP contribution in [0.5, 0.6) is 5.75 Å². The van der Waals surface area contributed by atoms with E-state index in [0.717, 1.165) is 0 Å². The van der Waals surface area contributed by atoms with Crippen LogP contribution in [0, 0.1) is 0 Å². The summed E-state index contributed by atoms with van der Waals surface area (Å²) in [5, 5.41) is 34.3. The van der Waals surface area contributed by atoms with Crippen molar-refractivity contribution >= 4 is 0 Å². The molecule has 0 aliphatic carbocycles. The maximum absolute atomic E-state index is 9.90. The van der Waals surface area contributed by atoms with Crippen molar-refractivity contribution in [2.24, 2.45) is 0 Å². The van der Waals surface area contributed by atoms with Crippen molar-refractivity contribution in [3.05, 3.63) is 24.3 Å². The van der Waals surface area contributed by atoms with Gasteiger partial charge in [-0.15, -0.1) is 15.0 Å². The zero-order valence-corrected chi connectivity index (χ0v) is 10.8. The fraction of sp³-hybridized carbons (Fsp3) is 0.200. The lowest BCUT2D eigenvalue weighted by Crippen LogP contribution is -2.27. The van der Waals surface area contributed by atoms with Crippen LogP contribution < -0.4 is 5.01 Å². The molecule has 102 valence electrons. The number of hydrogen-bond acceptors (Lipinski definition) is 8. The molecular formula is C10H11N9O. The zero-order chi connectivity index (χ0) is 14.1. The molecule has 0 saturated carbocycles. The molecule has 0 unspecified atom stereocenters. The van der Waals surface area contributed by atoms with E-state index in [2.05, 4.69) is 31.1 Å². The number of benzene rings is 1. The second kappa shape index (κ2) is 4.57. The van der Waals surface area contributed by atoms with Crippen molar-refractivity contribution in [1.82, 2.24) is 40.5 Å². The summed E-state index contributed by atoms with van der Waals surface area (Å²) >= 11 is 0. The molecule has 0 atom stereocenters. The Labute approximate surface area is 113 Å². The van der Waals surface area contributed by atoms with Gasteiger partial charge in [0.1, 0.15) is 11.4 Å². The summed E-state index contributed by atoms with van der Waals surface area (Å²) in [6.07, 6.45) is 0. The molecule has 3 rings (SSSR count). The maximum Gasteiger partial charge on any atom is 0.243 e. The Morgan fingerprint density at radius 1 is 1.00 bits per heavy atom. The van der Waals surface area contributed by atoms with Gasteiger partial charge in [0.05, 0.1) is 0 Å². The van der Waals surface area contributed by atoms with E-state index in [1.165, 1.54) is 9.47 Å². The van der Waals surface area contributed by atoms with Crippen LogP contribution in [-0.2, 0) is 0 Å². The number of hydrogen-bond donors (Lipinski definition) is 1. The van der Waals surface area contributed by atoms with Gasteiger partial charge in [-0.1, -0.05) is 12.1 Å². The highest BCUT2D eigenvalue weighted by molar-refractivity contribution is 5.52. The molecule has 0 spiro atoms. The van der Waals surface area contributed by atoms with E-state index >= 15 is 0 Å². The van der Waals surface area contributed by atoms with Gasteiger partial charge >= 0.3 is 0 Å². The van der Waals surface area contributed by atoms with Gasteiger partial charge in [-0.05, 0) is 33.0 Å². The molecule has 0 bridgehead atoms. The monoisotopic (exact) mass is 273 g/mol. The molecule has 1 aromatic carbocycles. The minimum atomic E-state index is 0.0601. The minimum absolute atomic E-state index is 0.0601. The first-order valence-corrected chi connectivity index (χ1v) is 5.71. The summed E-state index contributed by atoms with van der Waals surface area (Å²) in [7, 11) is 3.57. The Balaban J connectivity index is 2.16. The Kier molecular flexibility index (Phi) is 2.75. The Morgan fingerprint density at radius 2 is 1.70 bits per heavy atom. The quantitative estimate of drug-likeness (QED) is 0.661. The highest BCUT2D eigenvalue weighted by Crippen LogP contribution is 2.23. The van der Waals surface area contributed by atoms with Gasteiger partial charge in [0, 0.05) is 14.1 Å². The molecule has 20 heavy (non-hydrogen) atoms. The minimum Gasteiger partial charge on any atom is -0.506 e. The van der Waals surface area contributed by atoms with Crippen LogP contribution in [-0.4, -0.2) is 59.7 Å². The van der Waals surface area contributed by atoms with E-state index < -0.39 is 0 Å². The lowest BCUT2D eigenvalue weighted by atomic mass is 10.3. The van der Waals surface area contributed by atoms with E-state index in [4.69, 9.17) is 0 Å². The van der Waals surface area contributed by atoms with Gasteiger partial charge in [-0.3, -0.25) is 5.01 Å². The average Bonchev–Trinajstić information content (AvgIpc) is 3.07. The van der Waals surface area contributed by atoms with Crippen molar-refractivity contribution in [3.8, 4) is 23.1 Å². The summed E-state index contributed by atoms with van der Waals surface area (Å²) < 4.78 is 1.38. The molecule has 3 aromatic rings. The molecule has 0 aliphatic rings. The van der Waals surface area contributed by atoms with E-state index in [9.17, 15) is 5.11 Å². The number of rotatable bonds is 3. The number of tetrazole rings is 2. The molecule has 0 saturated heterocycles. The number of aromatic nitrogens is 8. The van der Waals surface area contributed by atoms with Crippen molar-refractivity contribution in [1.29, 1.82) is 0 Å². The SMILES string of the molecule is CN(C)n1nnnc1-c1nnnn1-c1ccccc1O. The molecule has 0 aliphatic heterocycles. The van der Waals surface area contributed by atoms with Crippen LogP contribution in [0.3, 0.4) is 0 Å². The van der Waals surface area contributed by atoms with Gasteiger partial charge in [0.15, 0.2) is 0 Å². The Hall–Kier alpha value is -3.04. The first-order chi connectivity index (χ1) is 9.68. The van der Waals surface area contributed by atoms with Crippen LogP contribution in [0.25, 0.3) is 17.3 Å². The third-order valence-electron chi connectivity index (χ3n) is 2.61. The Bertz CT molecular complexity index is 732. The number of phenols is 1. The second-order valence-corrected chi connectivity index (χ2v) is 4.14. The molecule has 10 nitrogen and oxygen atoms in total. The summed E-state index contributed by atoms with van der Waals surface area (Å²) in [6.45, 7) is 0. The first-order valence-electron chi connectivity index (χ1n) is 5.71. The fourth-order valence-corrected chi connectivity index (χ4v) is 1.72. The van der Waals surface area contributed by atoms with Crippen molar-refractivity contribution in [2.45, 2.75) is 0 Å². The lowest BCUT2D eigenvalue weighted by Gasteiger charge is -2.12. The standard InChI is InChI=1S/C10H11N9O/c1-17(2)19-10(12-14-16-19)9-11-13-15-18(9)7-5-3-4-6-8(7)20/h3-6,20H,1-2H3. The van der Waals surface area contributed by atoms with Crippen LogP contribution in [0.1, 0.15) is 0 Å². The maximum atomic E-state index is 9.90. The van der Waals surface area contributed by atoms with E-state index in [1.54, 1.807) is 43.4 Å². The van der Waals surface area contributed by atoms with E-state index in [-0.39, 0.29) is 5.75 Å². The third-order valence-corrected chi connectivity index (χ3v) is 2.61. The molecule has 2 heterocycles. The van der Waals surface area contributed by atoms with Gasteiger partial charge in [-0.2, -0.15) is 4.68 Å². The molecule has 2 aromatic heterocycles. The topological polar surface area (TPSA) is 111 Å². The van der Waals surface area contributed by atoms with Gasteiger partial charge in [-0.25, -0.2) is 0 Å². The number of aromatic hydroxyl groups is 1. The number of para-hydroxylation sites is 2. The van der Waals surface area contributed by atoms with E-state index in [1.807, 2.05) is 0 Å². The van der Waals surface area contributed by atoms with Crippen LogP contribution in [0.4, 0.5) is 0 Å². The smallest absolute Gasteiger partial charge is 0.243 e. The molecule has 1 N–H and O–H groups in total.